The summed E-state index contributed by atoms with van der Waals surface area (Å²) in [6, 6.07) is 0. The van der Waals surface area contributed by atoms with Crippen LogP contribution in [0.5, 0.6) is 0 Å². The Labute approximate surface area is 79.8 Å². The van der Waals surface area contributed by atoms with Gasteiger partial charge in [0.25, 0.3) is 0 Å². The van der Waals surface area contributed by atoms with E-state index in [-0.39, 0.29) is 5.41 Å². The first-order valence-electron chi connectivity index (χ1n) is 3.92. The van der Waals surface area contributed by atoms with Crippen molar-refractivity contribution < 1.29 is 0 Å². The Balaban J connectivity index is 4.74. The van der Waals surface area contributed by atoms with Crippen molar-refractivity contribution in [1.82, 2.24) is 0 Å². The minimum Gasteiger partial charge on any atom is -0.252 e. The highest BCUT2D eigenvalue weighted by molar-refractivity contribution is 6.29. The van der Waals surface area contributed by atoms with Gasteiger partial charge < -0.3 is 0 Å². The molecule has 0 aliphatic rings. The zero-order valence-corrected chi connectivity index (χ0v) is 8.94. The van der Waals surface area contributed by atoms with Crippen molar-refractivity contribution in [1.29, 1.82) is 0 Å². The van der Waals surface area contributed by atoms with Gasteiger partial charge in [-0.3, -0.25) is 4.99 Å². The van der Waals surface area contributed by atoms with Gasteiger partial charge in [-0.15, -0.1) is 0 Å². The maximum Gasteiger partial charge on any atom is 0.128 e. The molecule has 0 aliphatic carbocycles. The first kappa shape index (κ1) is 11.4. The van der Waals surface area contributed by atoms with Gasteiger partial charge in [-0.25, -0.2) is 0 Å². The van der Waals surface area contributed by atoms with E-state index in [4.69, 9.17) is 11.6 Å². The van der Waals surface area contributed by atoms with Crippen LogP contribution in [0.1, 0.15) is 27.7 Å². The third kappa shape index (κ3) is 3.72. The van der Waals surface area contributed by atoms with E-state index in [1.807, 2.05) is 19.1 Å². The molecule has 0 spiro atoms. The van der Waals surface area contributed by atoms with Crippen LogP contribution in [0.2, 0.25) is 0 Å². The molecule has 0 aromatic rings. The van der Waals surface area contributed by atoms with Crippen LogP contribution in [-0.2, 0) is 0 Å². The molecule has 0 saturated carbocycles. The van der Waals surface area contributed by atoms with Gasteiger partial charge in [0.05, 0.1) is 0 Å². The second-order valence-electron chi connectivity index (χ2n) is 3.62. The van der Waals surface area contributed by atoms with E-state index in [1.54, 1.807) is 0 Å². The van der Waals surface area contributed by atoms with Crippen molar-refractivity contribution >= 4 is 18.3 Å². The molecule has 0 aromatic heterocycles. The Morgan fingerprint density at radius 3 is 2.17 bits per heavy atom. The average Bonchev–Trinajstić information content (AvgIpc) is 1.97. The summed E-state index contributed by atoms with van der Waals surface area (Å²) in [7, 11) is 0. The summed E-state index contributed by atoms with van der Waals surface area (Å²) in [6.45, 7) is 11.7. The van der Waals surface area contributed by atoms with E-state index in [2.05, 4.69) is 32.5 Å². The molecule has 0 aliphatic heterocycles. The molecule has 12 heavy (non-hydrogen) atoms. The van der Waals surface area contributed by atoms with Crippen LogP contribution in [0, 0.1) is 5.41 Å². The van der Waals surface area contributed by atoms with E-state index in [0.29, 0.717) is 5.16 Å². The average molecular weight is 186 g/mol. The summed E-state index contributed by atoms with van der Waals surface area (Å²) in [5.74, 6) is 0. The van der Waals surface area contributed by atoms with E-state index in [9.17, 15) is 0 Å². The number of hydrogen-bond donors (Lipinski definition) is 0. The fourth-order valence-electron chi connectivity index (χ4n) is 0.907. The predicted molar refractivity (Wildman–Crippen MR) is 56.7 cm³/mol. The Morgan fingerprint density at radius 2 is 1.92 bits per heavy atom. The molecule has 0 N–H and O–H groups in total. The normalized spacial score (nSPS) is 14.8. The quantitative estimate of drug-likeness (QED) is 0.353. The molecule has 0 amide bonds. The molecule has 0 fully saturated rings. The molecule has 0 aromatic carbocycles. The third-order valence-corrected chi connectivity index (χ3v) is 1.83. The number of rotatable bonds is 2. The van der Waals surface area contributed by atoms with Crippen LogP contribution in [-0.4, -0.2) is 6.72 Å². The molecular weight excluding hydrogens is 170 g/mol. The van der Waals surface area contributed by atoms with Crippen LogP contribution >= 0.6 is 11.6 Å². The molecule has 0 radical (unpaired) electrons. The molecular formula is C10H16ClN. The standard InChI is InChI=1S/C10H16ClN/c1-6-8(10(2,3)4)7-9(11)12-5/h6-7H,5H2,1-4H3/b8-6+,9-7-. The largest absolute Gasteiger partial charge is 0.252 e. The Morgan fingerprint density at radius 1 is 1.42 bits per heavy atom. The Bertz CT molecular complexity index is 218. The van der Waals surface area contributed by atoms with Gasteiger partial charge in [0.2, 0.25) is 0 Å². The molecule has 68 valence electrons. The Kier molecular flexibility index (Phi) is 4.25. The van der Waals surface area contributed by atoms with Crippen molar-refractivity contribution in [2.24, 2.45) is 10.4 Å². The van der Waals surface area contributed by atoms with Gasteiger partial charge in [0.15, 0.2) is 0 Å². The monoisotopic (exact) mass is 185 g/mol. The second kappa shape index (κ2) is 4.46. The molecule has 0 rings (SSSR count). The van der Waals surface area contributed by atoms with E-state index in [1.165, 1.54) is 5.57 Å². The van der Waals surface area contributed by atoms with Crippen LogP contribution in [0.15, 0.2) is 27.9 Å². The maximum absolute atomic E-state index is 5.74. The zero-order chi connectivity index (χ0) is 9.78. The topological polar surface area (TPSA) is 12.4 Å². The number of hydrogen-bond acceptors (Lipinski definition) is 1. The lowest BCUT2D eigenvalue weighted by molar-refractivity contribution is 0.516. The van der Waals surface area contributed by atoms with Crippen molar-refractivity contribution in [2.75, 3.05) is 0 Å². The summed E-state index contributed by atoms with van der Waals surface area (Å²) >= 11 is 5.74. The van der Waals surface area contributed by atoms with Crippen LogP contribution in [0.4, 0.5) is 0 Å². The highest BCUT2D eigenvalue weighted by Gasteiger charge is 2.14. The van der Waals surface area contributed by atoms with Gasteiger partial charge in [-0.1, -0.05) is 38.4 Å². The summed E-state index contributed by atoms with van der Waals surface area (Å²) < 4.78 is 0. The minimum absolute atomic E-state index is 0.111. The number of nitrogens with zero attached hydrogens (tertiary/aromatic N) is 1. The lowest BCUT2D eigenvalue weighted by Gasteiger charge is -2.19. The van der Waals surface area contributed by atoms with Gasteiger partial charge in [0, 0.05) is 0 Å². The van der Waals surface area contributed by atoms with Crippen LogP contribution in [0.25, 0.3) is 0 Å². The van der Waals surface area contributed by atoms with E-state index >= 15 is 0 Å². The highest BCUT2D eigenvalue weighted by atomic mass is 35.5. The smallest absolute Gasteiger partial charge is 0.128 e. The number of allylic oxidation sites excluding steroid dienone is 3. The van der Waals surface area contributed by atoms with Crippen molar-refractivity contribution in [3.05, 3.63) is 22.9 Å². The number of aliphatic imine (C=N–C) groups is 1. The molecule has 0 bridgehead atoms. The second-order valence-corrected chi connectivity index (χ2v) is 4.01. The molecule has 2 heteroatoms. The summed E-state index contributed by atoms with van der Waals surface area (Å²) in [4.78, 5) is 3.63. The first-order valence-corrected chi connectivity index (χ1v) is 4.30. The van der Waals surface area contributed by atoms with Crippen LogP contribution < -0.4 is 0 Å². The highest BCUT2D eigenvalue weighted by Crippen LogP contribution is 2.27. The fourth-order valence-corrected chi connectivity index (χ4v) is 1.02. The summed E-state index contributed by atoms with van der Waals surface area (Å²) in [5, 5.41) is 0.443. The van der Waals surface area contributed by atoms with E-state index in [0.717, 1.165) is 0 Å². The summed E-state index contributed by atoms with van der Waals surface area (Å²) in [6.07, 6.45) is 3.88. The third-order valence-electron chi connectivity index (χ3n) is 1.60. The van der Waals surface area contributed by atoms with Crippen molar-refractivity contribution in [3.8, 4) is 0 Å². The molecule has 0 saturated heterocycles. The molecule has 0 atom stereocenters. The van der Waals surface area contributed by atoms with Gasteiger partial charge in [0.1, 0.15) is 5.16 Å². The van der Waals surface area contributed by atoms with Crippen LogP contribution in [0.3, 0.4) is 0 Å². The van der Waals surface area contributed by atoms with Gasteiger partial charge >= 0.3 is 0 Å². The van der Waals surface area contributed by atoms with E-state index < -0.39 is 0 Å². The molecule has 0 unspecified atom stereocenters. The fraction of sp³-hybridized carbons (Fsp3) is 0.500. The van der Waals surface area contributed by atoms with Gasteiger partial charge in [-0.2, -0.15) is 0 Å². The first-order chi connectivity index (χ1) is 5.41. The Hall–Kier alpha value is -0.560. The molecule has 0 heterocycles. The van der Waals surface area contributed by atoms with Crippen molar-refractivity contribution in [3.63, 3.8) is 0 Å². The lowest BCUT2D eigenvalue weighted by atomic mass is 9.86. The molecule has 1 nitrogen and oxygen atoms in total. The van der Waals surface area contributed by atoms with Crippen molar-refractivity contribution in [2.45, 2.75) is 27.7 Å². The zero-order valence-electron chi connectivity index (χ0n) is 8.19. The minimum atomic E-state index is 0.111. The number of halogens is 1. The maximum atomic E-state index is 5.74. The summed E-state index contributed by atoms with van der Waals surface area (Å²) in [5.41, 5.74) is 1.28. The van der Waals surface area contributed by atoms with Gasteiger partial charge in [-0.05, 0) is 30.7 Å². The lowest BCUT2D eigenvalue weighted by Crippen LogP contribution is -2.07. The SMILES string of the molecule is C=N/C(Cl)=C\C(=C/C)C(C)(C)C. The predicted octanol–water partition coefficient (Wildman–Crippen LogP) is 3.76.